The largest absolute Gasteiger partial charge is 0.375 e. The van der Waals surface area contributed by atoms with Gasteiger partial charge in [0.2, 0.25) is 11.8 Å². The Morgan fingerprint density at radius 3 is 2.39 bits per heavy atom. The maximum atomic E-state index is 12.7. The van der Waals surface area contributed by atoms with Crippen molar-refractivity contribution in [2.24, 2.45) is 28.7 Å². The molecule has 1 aromatic rings. The highest BCUT2D eigenvalue weighted by Gasteiger charge is 2.58. The molecule has 1 saturated carbocycles. The van der Waals surface area contributed by atoms with Gasteiger partial charge in [0.15, 0.2) is 5.96 Å². The molecule has 8 heteroatoms. The second-order valence-electron chi connectivity index (χ2n) is 8.29. The molecule has 2 fully saturated rings. The third-order valence-electron chi connectivity index (χ3n) is 6.36. The van der Waals surface area contributed by atoms with Gasteiger partial charge >= 0.3 is 0 Å². The van der Waals surface area contributed by atoms with Crippen molar-refractivity contribution in [3.63, 3.8) is 0 Å². The molecule has 4 rings (SSSR count). The molecule has 2 amide bonds. The number of nitrogens with zero attached hydrogens (tertiary/aromatic N) is 2. The Balaban J connectivity index is 1.11. The summed E-state index contributed by atoms with van der Waals surface area (Å²) >= 11 is 5.88. The Bertz CT molecular complexity index is 840. The quantitative estimate of drug-likeness (QED) is 0.201. The molecule has 4 atom stereocenters. The molecule has 4 unspecified atom stereocenters. The Hall–Kier alpha value is -2.38. The van der Waals surface area contributed by atoms with Gasteiger partial charge in [0.25, 0.3) is 0 Å². The van der Waals surface area contributed by atoms with Gasteiger partial charge in [0, 0.05) is 31.7 Å². The average Bonchev–Trinajstić information content (AvgIpc) is 3.45. The van der Waals surface area contributed by atoms with Crippen molar-refractivity contribution < 1.29 is 14.3 Å². The van der Waals surface area contributed by atoms with Crippen molar-refractivity contribution >= 4 is 29.4 Å². The van der Waals surface area contributed by atoms with Crippen LogP contribution in [0.1, 0.15) is 18.4 Å². The van der Waals surface area contributed by atoms with E-state index in [4.69, 9.17) is 16.3 Å². The summed E-state index contributed by atoms with van der Waals surface area (Å²) in [5, 5.41) is 7.14. The molecule has 0 radical (unpaired) electrons. The van der Waals surface area contributed by atoms with Crippen LogP contribution in [0.3, 0.4) is 0 Å². The highest BCUT2D eigenvalue weighted by atomic mass is 35.5. The SMILES string of the molecule is CN=C(NCCCN1C(=O)C2C3C=CC(C3)C2C1=O)NCCOCc1ccc(Cl)cc1. The number of hydrogen-bond acceptors (Lipinski definition) is 4. The third-order valence-corrected chi connectivity index (χ3v) is 6.61. The van der Waals surface area contributed by atoms with Crippen LogP contribution in [0.25, 0.3) is 0 Å². The number of carbonyl (C=O) groups is 2. The van der Waals surface area contributed by atoms with Crippen molar-refractivity contribution in [1.29, 1.82) is 0 Å². The van der Waals surface area contributed by atoms with E-state index in [1.54, 1.807) is 7.05 Å². The fourth-order valence-corrected chi connectivity index (χ4v) is 4.99. The van der Waals surface area contributed by atoms with E-state index in [1.807, 2.05) is 24.3 Å². The van der Waals surface area contributed by atoms with E-state index in [0.717, 1.165) is 12.0 Å². The van der Waals surface area contributed by atoms with Crippen molar-refractivity contribution in [2.75, 3.05) is 33.3 Å². The number of halogens is 1. The van der Waals surface area contributed by atoms with Crippen LogP contribution >= 0.6 is 11.6 Å². The normalized spacial score (nSPS) is 26.6. The molecule has 2 N–H and O–H groups in total. The van der Waals surface area contributed by atoms with Crippen LogP contribution in [0.15, 0.2) is 41.4 Å². The number of guanidine groups is 1. The Labute approximate surface area is 187 Å². The lowest BCUT2D eigenvalue weighted by Crippen LogP contribution is -2.41. The number of amides is 2. The van der Waals surface area contributed by atoms with E-state index >= 15 is 0 Å². The van der Waals surface area contributed by atoms with E-state index in [9.17, 15) is 9.59 Å². The second-order valence-corrected chi connectivity index (χ2v) is 8.72. The predicted molar refractivity (Wildman–Crippen MR) is 120 cm³/mol. The van der Waals surface area contributed by atoms with Gasteiger partial charge in [-0.25, -0.2) is 0 Å². The molecule has 166 valence electrons. The number of likely N-dealkylation sites (tertiary alicyclic amines) is 1. The Morgan fingerprint density at radius 1 is 1.10 bits per heavy atom. The van der Waals surface area contributed by atoms with Crippen LogP contribution in [0, 0.1) is 23.7 Å². The van der Waals surface area contributed by atoms with Crippen molar-refractivity contribution in [3.05, 3.63) is 47.0 Å². The summed E-state index contributed by atoms with van der Waals surface area (Å²) < 4.78 is 5.65. The number of nitrogens with one attached hydrogen (secondary N) is 2. The van der Waals surface area contributed by atoms with Crippen molar-refractivity contribution in [1.82, 2.24) is 15.5 Å². The number of carbonyl (C=O) groups excluding carboxylic acids is 2. The number of imide groups is 1. The molecule has 2 bridgehead atoms. The minimum Gasteiger partial charge on any atom is -0.375 e. The molecule has 1 aromatic carbocycles. The van der Waals surface area contributed by atoms with Crippen molar-refractivity contribution in [2.45, 2.75) is 19.4 Å². The maximum absolute atomic E-state index is 12.7. The summed E-state index contributed by atoms with van der Waals surface area (Å²) in [6, 6.07) is 7.59. The Kier molecular flexibility index (Phi) is 6.92. The van der Waals surface area contributed by atoms with E-state index in [2.05, 4.69) is 27.8 Å². The second kappa shape index (κ2) is 9.83. The lowest BCUT2D eigenvalue weighted by molar-refractivity contribution is -0.140. The summed E-state index contributed by atoms with van der Waals surface area (Å²) in [4.78, 5) is 31.0. The highest BCUT2D eigenvalue weighted by molar-refractivity contribution is 6.30. The minimum atomic E-state index is -0.113. The first kappa shape index (κ1) is 21.8. The molecule has 2 aliphatic carbocycles. The maximum Gasteiger partial charge on any atom is 0.233 e. The highest BCUT2D eigenvalue weighted by Crippen LogP contribution is 2.52. The first-order valence-corrected chi connectivity index (χ1v) is 11.3. The zero-order valence-electron chi connectivity index (χ0n) is 17.7. The summed E-state index contributed by atoms with van der Waals surface area (Å²) in [6.45, 7) is 2.78. The topological polar surface area (TPSA) is 83.0 Å². The minimum absolute atomic E-state index is 0.0205. The average molecular weight is 445 g/mol. The lowest BCUT2D eigenvalue weighted by Gasteiger charge is -2.18. The Morgan fingerprint density at radius 2 is 1.74 bits per heavy atom. The van der Waals surface area contributed by atoms with Gasteiger partial charge in [-0.05, 0) is 42.4 Å². The number of allylic oxidation sites excluding steroid dienone is 2. The molecule has 0 aromatic heterocycles. The number of hydrogen-bond donors (Lipinski definition) is 2. The standard InChI is InChI=1S/C23H29ClN4O3/c1-25-23(27-10-12-31-14-15-3-7-18(24)8-4-15)26-9-2-11-28-21(29)19-16-5-6-17(13-16)20(19)22(28)30/h3-8,16-17,19-20H,2,9-14H2,1H3,(H2,25,26,27). The van der Waals surface area contributed by atoms with Gasteiger partial charge < -0.3 is 15.4 Å². The van der Waals surface area contributed by atoms with Gasteiger partial charge in [-0.15, -0.1) is 0 Å². The fourth-order valence-electron chi connectivity index (χ4n) is 4.86. The van der Waals surface area contributed by atoms with Gasteiger partial charge in [0.05, 0.1) is 25.0 Å². The van der Waals surface area contributed by atoms with E-state index in [-0.39, 0.29) is 35.5 Å². The molecule has 31 heavy (non-hydrogen) atoms. The van der Waals surface area contributed by atoms with Crippen LogP contribution in [0.5, 0.6) is 0 Å². The van der Waals surface area contributed by atoms with Gasteiger partial charge in [-0.1, -0.05) is 35.9 Å². The van der Waals surface area contributed by atoms with Gasteiger partial charge in [-0.3, -0.25) is 19.5 Å². The number of aliphatic imine (C=N–C) groups is 1. The predicted octanol–water partition coefficient (Wildman–Crippen LogP) is 2.22. The van der Waals surface area contributed by atoms with Crippen LogP contribution in [0.4, 0.5) is 0 Å². The number of rotatable bonds is 9. The fraction of sp³-hybridized carbons (Fsp3) is 0.522. The van der Waals surface area contributed by atoms with Crippen molar-refractivity contribution in [3.8, 4) is 0 Å². The smallest absolute Gasteiger partial charge is 0.233 e. The molecule has 7 nitrogen and oxygen atoms in total. The molecule has 0 spiro atoms. The zero-order valence-corrected chi connectivity index (χ0v) is 18.5. The number of ether oxygens (including phenoxy) is 1. The lowest BCUT2D eigenvalue weighted by atomic mass is 9.85. The summed E-state index contributed by atoms with van der Waals surface area (Å²) in [5.41, 5.74) is 1.07. The zero-order chi connectivity index (χ0) is 21.8. The molecular formula is C23H29ClN4O3. The van der Waals surface area contributed by atoms with Crippen LogP contribution in [-0.4, -0.2) is 56.0 Å². The van der Waals surface area contributed by atoms with Crippen LogP contribution in [0.2, 0.25) is 5.02 Å². The first-order valence-electron chi connectivity index (χ1n) is 10.9. The van der Waals surface area contributed by atoms with E-state index < -0.39 is 0 Å². The molecule has 1 heterocycles. The third kappa shape index (κ3) is 4.77. The van der Waals surface area contributed by atoms with Crippen LogP contribution in [-0.2, 0) is 20.9 Å². The summed E-state index contributed by atoms with van der Waals surface area (Å²) in [7, 11) is 1.71. The molecule has 1 aliphatic heterocycles. The first-order chi connectivity index (χ1) is 15.1. The number of fused-ring (bicyclic) bond motifs is 5. The van der Waals surface area contributed by atoms with Gasteiger partial charge in [-0.2, -0.15) is 0 Å². The molecule has 3 aliphatic rings. The molecular weight excluding hydrogens is 416 g/mol. The van der Waals surface area contributed by atoms with Gasteiger partial charge in [0.1, 0.15) is 0 Å². The summed E-state index contributed by atoms with van der Waals surface area (Å²) in [5.74, 6) is 1.02. The van der Waals surface area contributed by atoms with Crippen LogP contribution < -0.4 is 10.6 Å². The molecule has 1 saturated heterocycles. The van der Waals surface area contributed by atoms with E-state index in [0.29, 0.717) is 50.3 Å². The van der Waals surface area contributed by atoms with E-state index in [1.165, 1.54) is 4.90 Å². The number of benzene rings is 1. The summed E-state index contributed by atoms with van der Waals surface area (Å²) in [6.07, 6.45) is 5.90. The monoisotopic (exact) mass is 444 g/mol.